The largest absolute Gasteiger partial charge is 0.334 e. The van der Waals surface area contributed by atoms with Gasteiger partial charge in [0.05, 0.1) is 6.04 Å². The summed E-state index contributed by atoms with van der Waals surface area (Å²) in [6.07, 6.45) is 3.88. The van der Waals surface area contributed by atoms with Crippen LogP contribution in [0.1, 0.15) is 42.9 Å². The summed E-state index contributed by atoms with van der Waals surface area (Å²) in [4.78, 5) is 26.0. The van der Waals surface area contributed by atoms with Crippen molar-refractivity contribution in [3.05, 3.63) is 65.7 Å². The number of urea groups is 1. The minimum Gasteiger partial charge on any atom is -0.334 e. The normalized spacial score (nSPS) is 17.6. The minimum atomic E-state index is -0.144. The van der Waals surface area contributed by atoms with E-state index in [4.69, 9.17) is 0 Å². The molecule has 1 saturated carbocycles. The number of benzene rings is 2. The fourth-order valence-corrected chi connectivity index (χ4v) is 3.65. The molecular weight excluding hydrogens is 338 g/mol. The molecule has 1 aliphatic heterocycles. The van der Waals surface area contributed by atoms with Gasteiger partial charge >= 0.3 is 6.03 Å². The summed E-state index contributed by atoms with van der Waals surface area (Å²) in [5, 5.41) is 6.07. The fraction of sp³-hybridized carbons (Fsp3) is 0.364. The van der Waals surface area contributed by atoms with Gasteiger partial charge in [0.2, 0.25) is 5.91 Å². The Kier molecular flexibility index (Phi) is 5.10. The van der Waals surface area contributed by atoms with Gasteiger partial charge in [-0.05, 0) is 48.4 Å². The fourth-order valence-electron chi connectivity index (χ4n) is 3.65. The van der Waals surface area contributed by atoms with Crippen LogP contribution in [0.15, 0.2) is 54.6 Å². The first-order chi connectivity index (χ1) is 13.2. The smallest absolute Gasteiger partial charge is 0.315 e. The summed E-state index contributed by atoms with van der Waals surface area (Å²) in [5.74, 6) is 0.725. The van der Waals surface area contributed by atoms with Crippen molar-refractivity contribution in [3.8, 4) is 0 Å². The predicted molar refractivity (Wildman–Crippen MR) is 105 cm³/mol. The molecule has 2 aliphatic rings. The van der Waals surface area contributed by atoms with E-state index in [2.05, 4.69) is 22.8 Å². The number of hydrogen-bond acceptors (Lipinski definition) is 2. The molecule has 0 spiro atoms. The van der Waals surface area contributed by atoms with E-state index in [1.807, 2.05) is 47.4 Å². The van der Waals surface area contributed by atoms with Gasteiger partial charge < -0.3 is 15.5 Å². The van der Waals surface area contributed by atoms with Crippen LogP contribution >= 0.6 is 0 Å². The van der Waals surface area contributed by atoms with Gasteiger partial charge in [0.15, 0.2) is 0 Å². The van der Waals surface area contributed by atoms with Crippen LogP contribution in [0, 0.1) is 5.92 Å². The van der Waals surface area contributed by atoms with Gasteiger partial charge in [0.1, 0.15) is 0 Å². The van der Waals surface area contributed by atoms with Crippen molar-refractivity contribution in [3.63, 3.8) is 0 Å². The second-order valence-electron chi connectivity index (χ2n) is 7.37. The number of hydrogen-bond donors (Lipinski definition) is 2. The van der Waals surface area contributed by atoms with E-state index in [9.17, 15) is 9.59 Å². The van der Waals surface area contributed by atoms with Crippen molar-refractivity contribution in [2.24, 2.45) is 5.92 Å². The minimum absolute atomic E-state index is 0.0785. The van der Waals surface area contributed by atoms with E-state index in [0.29, 0.717) is 18.9 Å². The van der Waals surface area contributed by atoms with Crippen LogP contribution in [0.25, 0.3) is 0 Å². The number of carbonyl (C=O) groups is 2. The zero-order valence-electron chi connectivity index (χ0n) is 15.4. The van der Waals surface area contributed by atoms with Crippen molar-refractivity contribution in [1.29, 1.82) is 0 Å². The average Bonchev–Trinajstić information content (AvgIpc) is 3.46. The van der Waals surface area contributed by atoms with E-state index >= 15 is 0 Å². The maximum absolute atomic E-state index is 12.4. The lowest BCUT2D eigenvalue weighted by molar-refractivity contribution is -0.117. The number of nitrogens with zero attached hydrogens (tertiary/aromatic N) is 1. The van der Waals surface area contributed by atoms with Gasteiger partial charge in [0.25, 0.3) is 0 Å². The van der Waals surface area contributed by atoms with Gasteiger partial charge in [-0.3, -0.25) is 4.79 Å². The van der Waals surface area contributed by atoms with E-state index in [-0.39, 0.29) is 18.0 Å². The number of carbonyl (C=O) groups excluding carboxylic acids is 2. The molecule has 5 nitrogen and oxygen atoms in total. The molecule has 1 atom stereocenters. The Balaban J connectivity index is 1.31. The lowest BCUT2D eigenvalue weighted by Gasteiger charge is -2.19. The molecule has 2 N–H and O–H groups in total. The maximum atomic E-state index is 12.4. The Morgan fingerprint density at radius 1 is 1.07 bits per heavy atom. The number of anilines is 1. The van der Waals surface area contributed by atoms with Gasteiger partial charge in [-0.15, -0.1) is 0 Å². The molecule has 140 valence electrons. The summed E-state index contributed by atoms with van der Waals surface area (Å²) in [6.45, 7) is 1.26. The molecule has 3 amide bonds. The van der Waals surface area contributed by atoms with Crippen LogP contribution in [0.2, 0.25) is 0 Å². The standard InChI is InChI=1S/C22H25N3O2/c26-20-7-4-14-25(20)19-12-8-16(9-13-19)15-23-22(27)24-21(18-10-11-18)17-5-2-1-3-6-17/h1-3,5-6,8-9,12-13,18,21H,4,7,10-11,14-15H2,(H2,23,24,27). The molecule has 2 aromatic rings. The third kappa shape index (κ3) is 4.30. The highest BCUT2D eigenvalue weighted by Crippen LogP contribution is 2.40. The molecule has 27 heavy (non-hydrogen) atoms. The zero-order chi connectivity index (χ0) is 18.6. The van der Waals surface area contributed by atoms with Crippen LogP contribution in [-0.2, 0) is 11.3 Å². The van der Waals surface area contributed by atoms with E-state index in [0.717, 1.165) is 42.6 Å². The van der Waals surface area contributed by atoms with Crippen molar-refractivity contribution >= 4 is 17.6 Å². The summed E-state index contributed by atoms with van der Waals surface area (Å²) < 4.78 is 0. The highest BCUT2D eigenvalue weighted by Gasteiger charge is 2.33. The molecule has 2 aromatic carbocycles. The topological polar surface area (TPSA) is 61.4 Å². The van der Waals surface area contributed by atoms with E-state index in [1.54, 1.807) is 0 Å². The van der Waals surface area contributed by atoms with Crippen molar-refractivity contribution < 1.29 is 9.59 Å². The first kappa shape index (κ1) is 17.6. The van der Waals surface area contributed by atoms with Crippen molar-refractivity contribution in [2.75, 3.05) is 11.4 Å². The molecule has 2 fully saturated rings. The van der Waals surface area contributed by atoms with Gasteiger partial charge in [-0.25, -0.2) is 4.79 Å². The molecular formula is C22H25N3O2. The van der Waals surface area contributed by atoms with Crippen molar-refractivity contribution in [1.82, 2.24) is 10.6 Å². The Morgan fingerprint density at radius 2 is 1.81 bits per heavy atom. The highest BCUT2D eigenvalue weighted by molar-refractivity contribution is 5.95. The predicted octanol–water partition coefficient (Wildman–Crippen LogP) is 3.76. The van der Waals surface area contributed by atoms with Crippen LogP contribution in [0.4, 0.5) is 10.5 Å². The molecule has 0 aromatic heterocycles. The summed E-state index contributed by atoms with van der Waals surface area (Å²) in [7, 11) is 0. The van der Waals surface area contributed by atoms with E-state index < -0.39 is 0 Å². The van der Waals surface area contributed by atoms with Gasteiger partial charge in [-0.2, -0.15) is 0 Å². The SMILES string of the molecule is O=C(NCc1ccc(N2CCCC2=O)cc1)NC(c1ccccc1)C1CC1. The second-order valence-corrected chi connectivity index (χ2v) is 7.37. The Bertz CT molecular complexity index is 800. The lowest BCUT2D eigenvalue weighted by Crippen LogP contribution is -2.38. The first-order valence-electron chi connectivity index (χ1n) is 9.69. The van der Waals surface area contributed by atoms with Crippen LogP contribution in [0.3, 0.4) is 0 Å². The molecule has 1 heterocycles. The average molecular weight is 363 g/mol. The maximum Gasteiger partial charge on any atom is 0.315 e. The number of rotatable bonds is 6. The lowest BCUT2D eigenvalue weighted by atomic mass is 10.0. The summed E-state index contributed by atoms with van der Waals surface area (Å²) in [5.41, 5.74) is 3.11. The summed E-state index contributed by atoms with van der Waals surface area (Å²) >= 11 is 0. The van der Waals surface area contributed by atoms with Gasteiger partial charge in [0, 0.05) is 25.2 Å². The second kappa shape index (κ2) is 7.82. The Labute approximate surface area is 159 Å². The number of nitrogens with one attached hydrogen (secondary N) is 2. The van der Waals surface area contributed by atoms with E-state index in [1.165, 1.54) is 0 Å². The molecule has 1 aliphatic carbocycles. The third-order valence-electron chi connectivity index (χ3n) is 5.31. The molecule has 1 saturated heterocycles. The van der Waals surface area contributed by atoms with Crippen LogP contribution in [-0.4, -0.2) is 18.5 Å². The first-order valence-corrected chi connectivity index (χ1v) is 9.69. The molecule has 1 unspecified atom stereocenters. The molecule has 5 heteroatoms. The Morgan fingerprint density at radius 3 is 2.44 bits per heavy atom. The van der Waals surface area contributed by atoms with Crippen LogP contribution < -0.4 is 15.5 Å². The third-order valence-corrected chi connectivity index (χ3v) is 5.31. The number of amides is 3. The summed E-state index contributed by atoms with van der Waals surface area (Å²) in [6, 6.07) is 17.9. The molecule has 4 rings (SSSR count). The van der Waals surface area contributed by atoms with Gasteiger partial charge in [-0.1, -0.05) is 42.5 Å². The monoisotopic (exact) mass is 363 g/mol. The zero-order valence-corrected chi connectivity index (χ0v) is 15.4. The van der Waals surface area contributed by atoms with Crippen LogP contribution in [0.5, 0.6) is 0 Å². The van der Waals surface area contributed by atoms with Crippen molar-refractivity contribution in [2.45, 2.75) is 38.3 Å². The quantitative estimate of drug-likeness (QED) is 0.821. The molecule has 0 bridgehead atoms. The molecule has 0 radical (unpaired) electrons. The Hall–Kier alpha value is -2.82. The highest BCUT2D eigenvalue weighted by atomic mass is 16.2.